The Balaban J connectivity index is 1.69. The number of methoxy groups -OCH3 is 1. The fourth-order valence-corrected chi connectivity index (χ4v) is 3.45. The molecule has 6 nitrogen and oxygen atoms in total. The summed E-state index contributed by atoms with van der Waals surface area (Å²) in [4.78, 5) is 12.3. The molecule has 0 fully saturated rings. The molecule has 126 valence electrons. The van der Waals surface area contributed by atoms with Crippen molar-refractivity contribution in [2.75, 3.05) is 20.5 Å². The third kappa shape index (κ3) is 2.07. The first-order valence-electron chi connectivity index (χ1n) is 7.90. The first-order chi connectivity index (χ1) is 12.2. The van der Waals surface area contributed by atoms with Crippen LogP contribution in [0.2, 0.25) is 0 Å². The largest absolute Gasteiger partial charge is 0.497 e. The van der Waals surface area contributed by atoms with Gasteiger partial charge in [-0.25, -0.2) is 4.79 Å². The van der Waals surface area contributed by atoms with Crippen LogP contribution in [0.15, 0.2) is 47.7 Å². The molecule has 0 bridgehead atoms. The SMILES string of the molecule is COc1ccc(C2C3=C(COC3=O)Oc3cc4c(cc32)OCO4)cc1. The van der Waals surface area contributed by atoms with Crippen LogP contribution in [-0.2, 0) is 9.53 Å². The van der Waals surface area contributed by atoms with Crippen LogP contribution in [0.25, 0.3) is 0 Å². The minimum Gasteiger partial charge on any atom is -0.497 e. The maximum Gasteiger partial charge on any atom is 0.339 e. The lowest BCUT2D eigenvalue weighted by Gasteiger charge is -2.26. The van der Waals surface area contributed by atoms with Crippen molar-refractivity contribution in [1.82, 2.24) is 0 Å². The molecular formula is C19H14O6. The van der Waals surface area contributed by atoms with Crippen molar-refractivity contribution in [1.29, 1.82) is 0 Å². The minimum atomic E-state index is -0.348. The van der Waals surface area contributed by atoms with Crippen molar-refractivity contribution in [2.24, 2.45) is 0 Å². The van der Waals surface area contributed by atoms with Gasteiger partial charge in [-0.05, 0) is 23.8 Å². The Kier molecular flexibility index (Phi) is 2.94. The minimum absolute atomic E-state index is 0.148. The van der Waals surface area contributed by atoms with E-state index in [0.29, 0.717) is 28.6 Å². The highest BCUT2D eigenvalue weighted by molar-refractivity contribution is 5.95. The average Bonchev–Trinajstić information content (AvgIpc) is 3.24. The number of benzene rings is 2. The summed E-state index contributed by atoms with van der Waals surface area (Å²) in [7, 11) is 1.62. The summed E-state index contributed by atoms with van der Waals surface area (Å²) in [5.41, 5.74) is 2.35. The maximum absolute atomic E-state index is 12.3. The summed E-state index contributed by atoms with van der Waals surface area (Å²) in [5.74, 6) is 2.62. The lowest BCUT2D eigenvalue weighted by atomic mass is 9.82. The van der Waals surface area contributed by atoms with Crippen molar-refractivity contribution in [3.63, 3.8) is 0 Å². The third-order valence-corrected chi connectivity index (χ3v) is 4.64. The summed E-state index contributed by atoms with van der Waals surface area (Å²) in [5, 5.41) is 0. The molecule has 0 spiro atoms. The van der Waals surface area contributed by atoms with Gasteiger partial charge in [0.1, 0.15) is 18.1 Å². The third-order valence-electron chi connectivity index (χ3n) is 4.64. The van der Waals surface area contributed by atoms with E-state index in [1.54, 1.807) is 13.2 Å². The average molecular weight is 338 g/mol. The van der Waals surface area contributed by atoms with Crippen molar-refractivity contribution in [3.8, 4) is 23.0 Å². The number of fused-ring (bicyclic) bond motifs is 2. The Morgan fingerprint density at radius 3 is 2.52 bits per heavy atom. The molecule has 3 aliphatic rings. The molecule has 6 heteroatoms. The Morgan fingerprint density at radius 2 is 1.76 bits per heavy atom. The normalized spacial score (nSPS) is 19.9. The number of ether oxygens (including phenoxy) is 5. The highest BCUT2D eigenvalue weighted by Gasteiger charge is 2.41. The molecule has 0 aliphatic carbocycles. The summed E-state index contributed by atoms with van der Waals surface area (Å²) < 4.78 is 27.3. The van der Waals surface area contributed by atoms with Crippen LogP contribution in [0.3, 0.4) is 0 Å². The van der Waals surface area contributed by atoms with Crippen LogP contribution >= 0.6 is 0 Å². The molecule has 1 unspecified atom stereocenters. The number of hydrogen-bond acceptors (Lipinski definition) is 6. The monoisotopic (exact) mass is 338 g/mol. The summed E-state index contributed by atoms with van der Waals surface area (Å²) in [6.45, 7) is 0.329. The van der Waals surface area contributed by atoms with Crippen LogP contribution in [0, 0.1) is 0 Å². The van der Waals surface area contributed by atoms with Crippen LogP contribution < -0.4 is 18.9 Å². The van der Waals surface area contributed by atoms with Gasteiger partial charge in [-0.3, -0.25) is 0 Å². The van der Waals surface area contributed by atoms with Crippen molar-refractivity contribution in [3.05, 3.63) is 58.9 Å². The Bertz CT molecular complexity index is 912. The van der Waals surface area contributed by atoms with Crippen LogP contribution in [0.5, 0.6) is 23.0 Å². The molecule has 3 heterocycles. The Labute approximate surface area is 143 Å². The zero-order valence-corrected chi connectivity index (χ0v) is 13.4. The van der Waals surface area contributed by atoms with Crippen molar-refractivity contribution < 1.29 is 28.5 Å². The standard InChI is InChI=1S/C19H14O6/c1-21-11-4-2-10(3-5-11)17-12-6-14-15(24-9-23-14)7-13(12)25-16-8-22-19(20)18(16)17/h2-7,17H,8-9H2,1H3. The molecule has 0 saturated carbocycles. The van der Waals surface area contributed by atoms with Gasteiger partial charge >= 0.3 is 5.97 Å². The van der Waals surface area contributed by atoms with Gasteiger partial charge < -0.3 is 23.7 Å². The first-order valence-corrected chi connectivity index (χ1v) is 7.90. The quantitative estimate of drug-likeness (QED) is 0.785. The highest BCUT2D eigenvalue weighted by atomic mass is 16.7. The number of cyclic esters (lactones) is 1. The molecule has 25 heavy (non-hydrogen) atoms. The van der Waals surface area contributed by atoms with Crippen molar-refractivity contribution >= 4 is 5.97 Å². The maximum atomic E-state index is 12.3. The molecular weight excluding hydrogens is 324 g/mol. The predicted octanol–water partition coefficient (Wildman–Crippen LogP) is 2.76. The van der Waals surface area contributed by atoms with E-state index >= 15 is 0 Å². The second kappa shape index (κ2) is 5.17. The summed E-state index contributed by atoms with van der Waals surface area (Å²) in [6.07, 6.45) is 0. The van der Waals surface area contributed by atoms with Crippen LogP contribution in [0.4, 0.5) is 0 Å². The molecule has 0 saturated heterocycles. The topological polar surface area (TPSA) is 63.2 Å². The first kappa shape index (κ1) is 14.2. The van der Waals surface area contributed by atoms with Gasteiger partial charge in [-0.1, -0.05) is 12.1 Å². The van der Waals surface area contributed by atoms with Gasteiger partial charge in [0, 0.05) is 17.5 Å². The van der Waals surface area contributed by atoms with Gasteiger partial charge in [0.15, 0.2) is 17.3 Å². The number of hydrogen-bond donors (Lipinski definition) is 0. The Hall–Kier alpha value is -3.15. The molecule has 2 aromatic rings. The molecule has 0 amide bonds. The molecule has 0 radical (unpaired) electrons. The van der Waals surface area contributed by atoms with E-state index in [-0.39, 0.29) is 25.3 Å². The second-order valence-electron chi connectivity index (χ2n) is 5.96. The number of carbonyl (C=O) groups excluding carboxylic acids is 1. The molecule has 0 N–H and O–H groups in total. The number of carbonyl (C=O) groups is 1. The van der Waals surface area contributed by atoms with E-state index in [2.05, 4.69) is 0 Å². The summed E-state index contributed by atoms with van der Waals surface area (Å²) in [6, 6.07) is 11.3. The fourth-order valence-electron chi connectivity index (χ4n) is 3.45. The van der Waals surface area contributed by atoms with E-state index in [9.17, 15) is 4.79 Å². The van der Waals surface area contributed by atoms with E-state index in [1.807, 2.05) is 30.3 Å². The van der Waals surface area contributed by atoms with Gasteiger partial charge in [-0.15, -0.1) is 0 Å². The smallest absolute Gasteiger partial charge is 0.339 e. The van der Waals surface area contributed by atoms with E-state index < -0.39 is 0 Å². The Morgan fingerprint density at radius 1 is 1.00 bits per heavy atom. The van der Waals surface area contributed by atoms with Gasteiger partial charge in [0.05, 0.1) is 12.7 Å². The van der Waals surface area contributed by atoms with Gasteiger partial charge in [0.25, 0.3) is 0 Å². The fraction of sp³-hybridized carbons (Fsp3) is 0.211. The van der Waals surface area contributed by atoms with Crippen LogP contribution in [-0.4, -0.2) is 26.5 Å². The van der Waals surface area contributed by atoms with Gasteiger partial charge in [0.2, 0.25) is 6.79 Å². The highest BCUT2D eigenvalue weighted by Crippen LogP contribution is 2.50. The predicted molar refractivity (Wildman–Crippen MR) is 86.0 cm³/mol. The molecule has 5 rings (SSSR count). The molecule has 0 aromatic heterocycles. The zero-order chi connectivity index (χ0) is 17.0. The number of rotatable bonds is 2. The molecule has 1 atom stereocenters. The number of esters is 1. The van der Waals surface area contributed by atoms with E-state index in [0.717, 1.165) is 16.9 Å². The van der Waals surface area contributed by atoms with E-state index in [1.165, 1.54) is 0 Å². The van der Waals surface area contributed by atoms with E-state index in [4.69, 9.17) is 23.7 Å². The molecule has 3 aliphatic heterocycles. The lowest BCUT2D eigenvalue weighted by molar-refractivity contribution is -0.136. The second-order valence-corrected chi connectivity index (χ2v) is 5.96. The van der Waals surface area contributed by atoms with Crippen molar-refractivity contribution in [2.45, 2.75) is 5.92 Å². The van der Waals surface area contributed by atoms with Gasteiger partial charge in [-0.2, -0.15) is 0 Å². The zero-order valence-electron chi connectivity index (χ0n) is 13.4. The van der Waals surface area contributed by atoms with Crippen LogP contribution in [0.1, 0.15) is 17.0 Å². The molecule has 2 aromatic carbocycles. The summed E-state index contributed by atoms with van der Waals surface area (Å²) >= 11 is 0. The lowest BCUT2D eigenvalue weighted by Crippen LogP contribution is -2.18.